The van der Waals surface area contributed by atoms with Crippen molar-refractivity contribution < 1.29 is 9.90 Å². The van der Waals surface area contributed by atoms with Crippen LogP contribution in [0.15, 0.2) is 18.2 Å². The summed E-state index contributed by atoms with van der Waals surface area (Å²) in [6.45, 7) is 1.53. The molecule has 0 aliphatic heterocycles. The molecule has 70 valence electrons. The Morgan fingerprint density at radius 2 is 2.15 bits per heavy atom. The van der Waals surface area contributed by atoms with Crippen molar-refractivity contribution in [3.63, 3.8) is 0 Å². The predicted octanol–water partition coefficient (Wildman–Crippen LogP) is 2.86. The molecule has 4 heteroatoms. The van der Waals surface area contributed by atoms with Gasteiger partial charge in [0, 0.05) is 0 Å². The molecule has 0 bridgehead atoms. The van der Waals surface area contributed by atoms with Crippen LogP contribution in [-0.2, 0) is 0 Å². The first-order valence-electron chi connectivity index (χ1n) is 3.69. The maximum Gasteiger partial charge on any atom is 0.185 e. The van der Waals surface area contributed by atoms with E-state index in [1.807, 2.05) is 0 Å². The van der Waals surface area contributed by atoms with Crippen LogP contribution in [0.1, 0.15) is 17.3 Å². The average Bonchev–Trinajstić information content (AvgIpc) is 2.03. The summed E-state index contributed by atoms with van der Waals surface area (Å²) in [4.78, 5) is 11.4. The minimum absolute atomic E-state index is 0.0895. The molecule has 0 spiro atoms. The highest BCUT2D eigenvalue weighted by atomic mass is 35.5. The summed E-state index contributed by atoms with van der Waals surface area (Å²) in [7, 11) is 0. The zero-order valence-electron chi connectivity index (χ0n) is 6.92. The number of hydrogen-bond donors (Lipinski definition) is 1. The van der Waals surface area contributed by atoms with Crippen molar-refractivity contribution in [1.82, 2.24) is 0 Å². The van der Waals surface area contributed by atoms with Gasteiger partial charge in [0.15, 0.2) is 5.78 Å². The van der Waals surface area contributed by atoms with E-state index >= 15 is 0 Å². The van der Waals surface area contributed by atoms with E-state index in [2.05, 4.69) is 0 Å². The molecule has 1 aromatic carbocycles. The number of aromatic hydroxyl groups is 1. The van der Waals surface area contributed by atoms with E-state index < -0.39 is 5.38 Å². The Morgan fingerprint density at radius 1 is 1.54 bits per heavy atom. The molecule has 0 aliphatic carbocycles. The predicted molar refractivity (Wildman–Crippen MR) is 52.8 cm³/mol. The summed E-state index contributed by atoms with van der Waals surface area (Å²) >= 11 is 11.3. The molecule has 13 heavy (non-hydrogen) atoms. The monoisotopic (exact) mass is 218 g/mol. The number of ketones is 1. The lowest BCUT2D eigenvalue weighted by Gasteiger charge is -2.06. The molecule has 0 saturated carbocycles. The largest absolute Gasteiger partial charge is 0.507 e. The number of phenols is 1. The topological polar surface area (TPSA) is 37.3 Å². The van der Waals surface area contributed by atoms with Gasteiger partial charge >= 0.3 is 0 Å². The second kappa shape index (κ2) is 3.99. The third-order valence-electron chi connectivity index (χ3n) is 1.60. The molecule has 0 radical (unpaired) electrons. The Bertz CT molecular complexity index is 314. The molecule has 0 aliphatic rings. The van der Waals surface area contributed by atoms with Crippen LogP contribution in [0.3, 0.4) is 0 Å². The summed E-state index contributed by atoms with van der Waals surface area (Å²) in [6.07, 6.45) is 0. The quantitative estimate of drug-likeness (QED) is 0.613. The van der Waals surface area contributed by atoms with E-state index in [0.717, 1.165) is 0 Å². The highest BCUT2D eigenvalue weighted by molar-refractivity contribution is 6.39. The first-order valence-corrected chi connectivity index (χ1v) is 4.51. The van der Waals surface area contributed by atoms with Gasteiger partial charge in [-0.3, -0.25) is 4.79 Å². The number of Topliss-reactive ketones (excluding diaryl/α,β-unsaturated/α-hetero) is 1. The fourth-order valence-electron chi connectivity index (χ4n) is 0.956. The highest BCUT2D eigenvalue weighted by Gasteiger charge is 2.19. The van der Waals surface area contributed by atoms with Crippen LogP contribution in [0.25, 0.3) is 0 Å². The van der Waals surface area contributed by atoms with E-state index in [1.165, 1.54) is 19.1 Å². The smallest absolute Gasteiger partial charge is 0.185 e. The Morgan fingerprint density at radius 3 is 2.62 bits per heavy atom. The SMILES string of the molecule is CC(Cl)C(=O)c1c(O)cccc1Cl. The average molecular weight is 219 g/mol. The summed E-state index contributed by atoms with van der Waals surface area (Å²) < 4.78 is 0. The molecule has 0 fully saturated rings. The number of benzene rings is 1. The summed E-state index contributed by atoms with van der Waals surface area (Å²) in [5.41, 5.74) is 0.0895. The molecule has 1 unspecified atom stereocenters. The van der Waals surface area contributed by atoms with Crippen LogP contribution in [0.5, 0.6) is 5.75 Å². The molecule has 1 N–H and O–H groups in total. The van der Waals surface area contributed by atoms with Crippen LogP contribution in [0.4, 0.5) is 0 Å². The van der Waals surface area contributed by atoms with E-state index in [4.69, 9.17) is 23.2 Å². The number of phenolic OH excluding ortho intramolecular Hbond substituents is 1. The van der Waals surface area contributed by atoms with E-state index in [-0.39, 0.29) is 22.1 Å². The summed E-state index contributed by atoms with van der Waals surface area (Å²) in [5, 5.41) is 8.88. The molecule has 1 aromatic rings. The fraction of sp³-hybridized carbons (Fsp3) is 0.222. The Labute approximate surface area is 86.1 Å². The fourth-order valence-corrected chi connectivity index (χ4v) is 1.33. The Kier molecular flexibility index (Phi) is 3.17. The first-order chi connectivity index (χ1) is 6.04. The molecule has 2 nitrogen and oxygen atoms in total. The van der Waals surface area contributed by atoms with Crippen LogP contribution in [0.2, 0.25) is 5.02 Å². The van der Waals surface area contributed by atoms with Crippen LogP contribution >= 0.6 is 23.2 Å². The third kappa shape index (κ3) is 2.14. The minimum Gasteiger partial charge on any atom is -0.507 e. The number of alkyl halides is 1. The van der Waals surface area contributed by atoms with Gasteiger partial charge in [-0.05, 0) is 19.1 Å². The zero-order chi connectivity index (χ0) is 10.0. The molecule has 0 amide bonds. The zero-order valence-corrected chi connectivity index (χ0v) is 8.43. The molecule has 1 atom stereocenters. The van der Waals surface area contributed by atoms with Gasteiger partial charge in [-0.15, -0.1) is 11.6 Å². The van der Waals surface area contributed by atoms with Gasteiger partial charge in [0.25, 0.3) is 0 Å². The number of halogens is 2. The van der Waals surface area contributed by atoms with Gasteiger partial charge < -0.3 is 5.11 Å². The summed E-state index contributed by atoms with van der Waals surface area (Å²) in [6, 6.07) is 4.50. The number of hydrogen-bond acceptors (Lipinski definition) is 2. The molecular formula is C9H8Cl2O2. The lowest BCUT2D eigenvalue weighted by molar-refractivity contribution is 0.0989. The second-order valence-electron chi connectivity index (χ2n) is 2.61. The standard InChI is InChI=1S/C9H8Cl2O2/c1-5(10)9(13)8-6(11)3-2-4-7(8)12/h2-5,12H,1H3. The third-order valence-corrected chi connectivity index (χ3v) is 2.11. The first kappa shape index (κ1) is 10.4. The molecule has 0 aromatic heterocycles. The molecular weight excluding hydrogens is 211 g/mol. The lowest BCUT2D eigenvalue weighted by Crippen LogP contribution is -2.11. The number of carbonyl (C=O) groups excluding carboxylic acids is 1. The van der Waals surface area contributed by atoms with Crippen molar-refractivity contribution in [3.05, 3.63) is 28.8 Å². The molecule has 0 heterocycles. The van der Waals surface area contributed by atoms with Crippen molar-refractivity contribution in [2.24, 2.45) is 0 Å². The van der Waals surface area contributed by atoms with Gasteiger partial charge in [-0.2, -0.15) is 0 Å². The highest BCUT2D eigenvalue weighted by Crippen LogP contribution is 2.27. The lowest BCUT2D eigenvalue weighted by atomic mass is 10.1. The number of carbonyl (C=O) groups is 1. The van der Waals surface area contributed by atoms with Gasteiger partial charge in [-0.1, -0.05) is 17.7 Å². The van der Waals surface area contributed by atoms with E-state index in [1.54, 1.807) is 6.07 Å². The van der Waals surface area contributed by atoms with Crippen molar-refractivity contribution in [2.75, 3.05) is 0 Å². The molecule has 1 rings (SSSR count). The number of rotatable bonds is 2. The Hall–Kier alpha value is -0.730. The van der Waals surface area contributed by atoms with Crippen molar-refractivity contribution in [1.29, 1.82) is 0 Å². The van der Waals surface area contributed by atoms with Crippen LogP contribution in [-0.4, -0.2) is 16.3 Å². The summed E-state index contributed by atoms with van der Waals surface area (Å²) in [5.74, 6) is -0.505. The van der Waals surface area contributed by atoms with Crippen molar-refractivity contribution in [3.8, 4) is 5.75 Å². The normalized spacial score (nSPS) is 12.5. The maximum atomic E-state index is 11.4. The molecule has 0 saturated heterocycles. The second-order valence-corrected chi connectivity index (χ2v) is 3.68. The van der Waals surface area contributed by atoms with Gasteiger partial charge in [-0.25, -0.2) is 0 Å². The van der Waals surface area contributed by atoms with Crippen LogP contribution < -0.4 is 0 Å². The van der Waals surface area contributed by atoms with Gasteiger partial charge in [0.05, 0.1) is 16.0 Å². The van der Waals surface area contributed by atoms with Crippen molar-refractivity contribution >= 4 is 29.0 Å². The van der Waals surface area contributed by atoms with Crippen LogP contribution in [0, 0.1) is 0 Å². The van der Waals surface area contributed by atoms with E-state index in [0.29, 0.717) is 0 Å². The van der Waals surface area contributed by atoms with Crippen molar-refractivity contribution in [2.45, 2.75) is 12.3 Å². The maximum absolute atomic E-state index is 11.4. The Balaban J connectivity index is 3.20. The van der Waals surface area contributed by atoms with E-state index in [9.17, 15) is 9.90 Å². The van der Waals surface area contributed by atoms with Gasteiger partial charge in [0.1, 0.15) is 5.75 Å². The van der Waals surface area contributed by atoms with Gasteiger partial charge in [0.2, 0.25) is 0 Å². The minimum atomic E-state index is -0.689.